The summed E-state index contributed by atoms with van der Waals surface area (Å²) in [5, 5.41) is 9.41. The average Bonchev–Trinajstić information content (AvgIpc) is 2.64. The third kappa shape index (κ3) is 2.20. The van der Waals surface area contributed by atoms with E-state index >= 15 is 0 Å². The molecule has 0 spiro atoms. The maximum absolute atomic E-state index is 11.5. The second-order valence-corrected chi connectivity index (χ2v) is 3.55. The van der Waals surface area contributed by atoms with Crippen LogP contribution >= 0.6 is 0 Å². The Morgan fingerprint density at radius 1 is 1.38 bits per heavy atom. The molecule has 0 atom stereocenters. The average molecular weight is 218 g/mol. The third-order valence-electron chi connectivity index (χ3n) is 2.36. The molecule has 0 saturated heterocycles. The molecule has 0 unspecified atom stereocenters. The fraction of sp³-hybridized carbons (Fsp3) is 0.273. The number of hydrogen-bond donors (Lipinski definition) is 2. The van der Waals surface area contributed by atoms with Gasteiger partial charge in [-0.2, -0.15) is 5.10 Å². The molecule has 2 aromatic rings. The van der Waals surface area contributed by atoms with E-state index in [2.05, 4.69) is 15.5 Å². The number of benzene rings is 1. The molecule has 2 N–H and O–H groups in total. The molecular weight excluding hydrogens is 204 g/mol. The number of aromatic amines is 1. The number of rotatable bonds is 4. The van der Waals surface area contributed by atoms with Crippen LogP contribution in [-0.2, 0) is 13.1 Å². The van der Waals surface area contributed by atoms with Crippen molar-refractivity contribution in [3.8, 4) is 0 Å². The Balaban J connectivity index is 2.27. The number of nitrogens with zero attached hydrogens (tertiary/aromatic N) is 2. The maximum Gasteiger partial charge on any atom is 0.343 e. The Bertz CT molecular complexity index is 500. The van der Waals surface area contributed by atoms with Gasteiger partial charge in [0, 0.05) is 0 Å². The first-order chi connectivity index (χ1) is 7.81. The smallest absolute Gasteiger partial charge is 0.313 e. The summed E-state index contributed by atoms with van der Waals surface area (Å²) in [6.45, 7) is 1.12. The molecule has 0 aliphatic rings. The van der Waals surface area contributed by atoms with Gasteiger partial charge in [-0.1, -0.05) is 30.3 Å². The predicted octanol–water partition coefficient (Wildman–Crippen LogP) is 0.339. The summed E-state index contributed by atoms with van der Waals surface area (Å²) in [4.78, 5) is 11.5. The van der Waals surface area contributed by atoms with Gasteiger partial charge in [-0.15, -0.1) is 0 Å². The van der Waals surface area contributed by atoms with Crippen molar-refractivity contribution in [3.63, 3.8) is 0 Å². The molecular formula is C11H14N4O. The summed E-state index contributed by atoms with van der Waals surface area (Å²) >= 11 is 0. The zero-order valence-electron chi connectivity index (χ0n) is 9.10. The van der Waals surface area contributed by atoms with Crippen LogP contribution in [0, 0.1) is 0 Å². The number of aromatic nitrogens is 3. The van der Waals surface area contributed by atoms with Crippen LogP contribution in [0.1, 0.15) is 11.4 Å². The normalized spacial score (nSPS) is 10.6. The van der Waals surface area contributed by atoms with Crippen molar-refractivity contribution in [1.82, 2.24) is 20.1 Å². The first-order valence-electron chi connectivity index (χ1n) is 5.14. The van der Waals surface area contributed by atoms with Gasteiger partial charge in [-0.3, -0.25) is 4.57 Å². The second kappa shape index (κ2) is 4.76. The fourth-order valence-electron chi connectivity index (χ4n) is 1.57. The van der Waals surface area contributed by atoms with Crippen LogP contribution in [0.25, 0.3) is 0 Å². The molecule has 0 saturated carbocycles. The summed E-state index contributed by atoms with van der Waals surface area (Å²) in [5.74, 6) is 0.719. The Labute approximate surface area is 93.1 Å². The molecule has 1 aromatic carbocycles. The Hall–Kier alpha value is -1.88. The van der Waals surface area contributed by atoms with Crippen molar-refractivity contribution < 1.29 is 0 Å². The number of H-pyrrole nitrogens is 1. The van der Waals surface area contributed by atoms with Gasteiger partial charge in [0.1, 0.15) is 5.82 Å². The van der Waals surface area contributed by atoms with Gasteiger partial charge < -0.3 is 5.32 Å². The van der Waals surface area contributed by atoms with Gasteiger partial charge in [0.25, 0.3) is 0 Å². The van der Waals surface area contributed by atoms with E-state index < -0.39 is 0 Å². The van der Waals surface area contributed by atoms with Crippen molar-refractivity contribution in [2.75, 3.05) is 7.05 Å². The molecule has 0 bridgehead atoms. The van der Waals surface area contributed by atoms with E-state index in [-0.39, 0.29) is 5.69 Å². The SMILES string of the molecule is CNCc1n[nH]c(=O)n1Cc1ccccc1. The molecule has 0 fully saturated rings. The lowest BCUT2D eigenvalue weighted by Gasteiger charge is -2.04. The molecule has 2 rings (SSSR count). The van der Waals surface area contributed by atoms with Crippen LogP contribution in [0.2, 0.25) is 0 Å². The Kier molecular flexibility index (Phi) is 3.16. The van der Waals surface area contributed by atoms with Gasteiger partial charge in [0.05, 0.1) is 13.1 Å². The van der Waals surface area contributed by atoms with Crippen LogP contribution in [-0.4, -0.2) is 21.8 Å². The minimum atomic E-state index is -0.172. The summed E-state index contributed by atoms with van der Waals surface area (Å²) in [6, 6.07) is 9.84. The van der Waals surface area contributed by atoms with Crippen LogP contribution in [0.15, 0.2) is 35.1 Å². The van der Waals surface area contributed by atoms with E-state index in [0.717, 1.165) is 11.4 Å². The molecule has 84 valence electrons. The standard InChI is InChI=1S/C11H14N4O/c1-12-7-10-13-14-11(16)15(10)8-9-5-3-2-4-6-9/h2-6,12H,7-8H2,1H3,(H,14,16). The summed E-state index contributed by atoms with van der Waals surface area (Å²) < 4.78 is 1.63. The lowest BCUT2D eigenvalue weighted by atomic mass is 10.2. The molecule has 0 aliphatic heterocycles. The Morgan fingerprint density at radius 2 is 2.12 bits per heavy atom. The minimum Gasteiger partial charge on any atom is -0.313 e. The largest absolute Gasteiger partial charge is 0.343 e. The summed E-state index contributed by atoms with van der Waals surface area (Å²) in [7, 11) is 1.83. The number of nitrogens with one attached hydrogen (secondary N) is 2. The molecule has 5 nitrogen and oxygen atoms in total. The quantitative estimate of drug-likeness (QED) is 0.777. The summed E-state index contributed by atoms with van der Waals surface area (Å²) in [5.41, 5.74) is 0.914. The van der Waals surface area contributed by atoms with Crippen molar-refractivity contribution in [3.05, 3.63) is 52.2 Å². The lowest BCUT2D eigenvalue weighted by molar-refractivity contribution is 0.661. The highest BCUT2D eigenvalue weighted by atomic mass is 16.1. The van der Waals surface area contributed by atoms with E-state index in [4.69, 9.17) is 0 Å². The molecule has 0 aliphatic carbocycles. The van der Waals surface area contributed by atoms with E-state index in [1.807, 2.05) is 37.4 Å². The van der Waals surface area contributed by atoms with Gasteiger partial charge in [-0.05, 0) is 12.6 Å². The lowest BCUT2D eigenvalue weighted by Crippen LogP contribution is -2.21. The molecule has 5 heteroatoms. The van der Waals surface area contributed by atoms with Crippen LogP contribution < -0.4 is 11.0 Å². The van der Waals surface area contributed by atoms with Crippen LogP contribution in [0.5, 0.6) is 0 Å². The van der Waals surface area contributed by atoms with Crippen molar-refractivity contribution in [2.24, 2.45) is 0 Å². The number of hydrogen-bond acceptors (Lipinski definition) is 3. The molecule has 1 aromatic heterocycles. The monoisotopic (exact) mass is 218 g/mol. The van der Waals surface area contributed by atoms with Crippen molar-refractivity contribution >= 4 is 0 Å². The van der Waals surface area contributed by atoms with E-state index in [1.54, 1.807) is 4.57 Å². The van der Waals surface area contributed by atoms with E-state index in [9.17, 15) is 4.79 Å². The highest BCUT2D eigenvalue weighted by molar-refractivity contribution is 5.15. The van der Waals surface area contributed by atoms with Gasteiger partial charge in [0.15, 0.2) is 0 Å². The zero-order chi connectivity index (χ0) is 11.4. The molecule has 1 heterocycles. The summed E-state index contributed by atoms with van der Waals surface area (Å²) in [6.07, 6.45) is 0. The van der Waals surface area contributed by atoms with Crippen molar-refractivity contribution in [1.29, 1.82) is 0 Å². The highest BCUT2D eigenvalue weighted by Gasteiger charge is 2.07. The van der Waals surface area contributed by atoms with E-state index in [1.165, 1.54) is 0 Å². The minimum absolute atomic E-state index is 0.172. The van der Waals surface area contributed by atoms with Crippen LogP contribution in [0.4, 0.5) is 0 Å². The van der Waals surface area contributed by atoms with Gasteiger partial charge in [0.2, 0.25) is 0 Å². The first kappa shape index (κ1) is 10.6. The van der Waals surface area contributed by atoms with E-state index in [0.29, 0.717) is 13.1 Å². The topological polar surface area (TPSA) is 62.7 Å². The van der Waals surface area contributed by atoms with Gasteiger partial charge >= 0.3 is 5.69 Å². The molecule has 16 heavy (non-hydrogen) atoms. The molecule has 0 radical (unpaired) electrons. The highest BCUT2D eigenvalue weighted by Crippen LogP contribution is 2.01. The first-order valence-corrected chi connectivity index (χ1v) is 5.14. The van der Waals surface area contributed by atoms with Gasteiger partial charge in [-0.25, -0.2) is 9.89 Å². The Morgan fingerprint density at radius 3 is 2.81 bits per heavy atom. The maximum atomic E-state index is 11.5. The second-order valence-electron chi connectivity index (χ2n) is 3.55. The molecule has 0 amide bonds. The fourth-order valence-corrected chi connectivity index (χ4v) is 1.57. The van der Waals surface area contributed by atoms with Crippen molar-refractivity contribution in [2.45, 2.75) is 13.1 Å². The van der Waals surface area contributed by atoms with Crippen LogP contribution in [0.3, 0.4) is 0 Å². The zero-order valence-corrected chi connectivity index (χ0v) is 9.10. The third-order valence-corrected chi connectivity index (χ3v) is 2.36. The predicted molar refractivity (Wildman–Crippen MR) is 61.2 cm³/mol.